The topological polar surface area (TPSA) is 6.48 Å². The summed E-state index contributed by atoms with van der Waals surface area (Å²) in [5.41, 5.74) is 0. The molecule has 17 heavy (non-hydrogen) atoms. The summed E-state index contributed by atoms with van der Waals surface area (Å²) in [5, 5.41) is 0. The van der Waals surface area contributed by atoms with Crippen LogP contribution in [0.5, 0.6) is 0 Å². The van der Waals surface area contributed by atoms with Crippen molar-refractivity contribution < 1.29 is 0 Å². The van der Waals surface area contributed by atoms with Crippen molar-refractivity contribution in [3.05, 3.63) is 13.2 Å². The Kier molecular flexibility index (Phi) is 9.47. The first-order valence-electron chi connectivity index (χ1n) is 7.09. The molecule has 1 aliphatic rings. The molecule has 1 fully saturated rings. The second-order valence-electron chi connectivity index (χ2n) is 5.31. The van der Waals surface area contributed by atoms with Crippen LogP contribution in [-0.2, 0) is 0 Å². The van der Waals surface area contributed by atoms with Gasteiger partial charge in [-0.1, -0.05) is 20.8 Å². The van der Waals surface area contributed by atoms with E-state index < -0.39 is 0 Å². The molecule has 1 rings (SSSR count). The van der Waals surface area contributed by atoms with Gasteiger partial charge in [-0.2, -0.15) is 0 Å². The van der Waals surface area contributed by atoms with Crippen LogP contribution in [0.25, 0.3) is 0 Å². The van der Waals surface area contributed by atoms with Crippen molar-refractivity contribution in [2.75, 3.05) is 32.7 Å². The van der Waals surface area contributed by atoms with Crippen LogP contribution in [0.3, 0.4) is 0 Å². The second kappa shape index (κ2) is 9.67. The highest BCUT2D eigenvalue weighted by atomic mass is 15.3. The van der Waals surface area contributed by atoms with Gasteiger partial charge in [0, 0.05) is 25.7 Å². The lowest BCUT2D eigenvalue weighted by Crippen LogP contribution is -2.51. The van der Waals surface area contributed by atoms with Crippen LogP contribution in [0.4, 0.5) is 0 Å². The molecule has 0 unspecified atom stereocenters. The van der Waals surface area contributed by atoms with Crippen LogP contribution in [-0.4, -0.2) is 48.6 Å². The van der Waals surface area contributed by atoms with E-state index >= 15 is 0 Å². The third-order valence-corrected chi connectivity index (χ3v) is 3.52. The van der Waals surface area contributed by atoms with Gasteiger partial charge >= 0.3 is 0 Å². The van der Waals surface area contributed by atoms with Gasteiger partial charge in [-0.25, -0.2) is 0 Å². The average Bonchev–Trinajstić information content (AvgIpc) is 2.33. The maximum absolute atomic E-state index is 3.00. The van der Waals surface area contributed by atoms with E-state index in [2.05, 4.69) is 50.7 Å². The van der Waals surface area contributed by atoms with Crippen LogP contribution < -0.4 is 0 Å². The minimum atomic E-state index is 0.755. The summed E-state index contributed by atoms with van der Waals surface area (Å²) in [6, 6.07) is 0.755. The fourth-order valence-corrected chi connectivity index (χ4v) is 2.39. The zero-order valence-electron chi connectivity index (χ0n) is 12.4. The fourth-order valence-electron chi connectivity index (χ4n) is 2.39. The summed E-state index contributed by atoms with van der Waals surface area (Å²) in [5.74, 6) is 0.859. The van der Waals surface area contributed by atoms with Crippen molar-refractivity contribution >= 4 is 0 Å². The Hall–Kier alpha value is -0.340. The summed E-state index contributed by atoms with van der Waals surface area (Å²) in [6.07, 6.45) is 2.74. The number of rotatable bonds is 5. The zero-order chi connectivity index (χ0) is 13.3. The third kappa shape index (κ3) is 6.85. The second-order valence-corrected chi connectivity index (χ2v) is 5.31. The largest absolute Gasteiger partial charge is 0.301 e. The number of hydrogen-bond donors (Lipinski definition) is 0. The highest BCUT2D eigenvalue weighted by molar-refractivity contribution is 4.78. The van der Waals surface area contributed by atoms with Crippen LogP contribution in [0.1, 0.15) is 40.5 Å². The van der Waals surface area contributed by atoms with E-state index in [1.54, 1.807) is 0 Å². The smallest absolute Gasteiger partial charge is 0.0195 e. The van der Waals surface area contributed by atoms with E-state index in [0.717, 1.165) is 12.0 Å². The molecule has 1 aliphatic heterocycles. The van der Waals surface area contributed by atoms with Gasteiger partial charge in [-0.15, -0.1) is 13.2 Å². The standard InChI is InChI=1S/C13H28N2.C2H4/c1-5-14-9-10-15(13(4)11-14)8-6-7-12(2)3;1-2/h12-13H,5-11H2,1-4H3;1-2H2/t13-;/m0./s1. The molecule has 0 saturated carbocycles. The molecule has 1 atom stereocenters. The van der Waals surface area contributed by atoms with Gasteiger partial charge < -0.3 is 4.90 Å². The van der Waals surface area contributed by atoms with Gasteiger partial charge in [-0.3, -0.25) is 4.90 Å². The van der Waals surface area contributed by atoms with E-state index in [-0.39, 0.29) is 0 Å². The van der Waals surface area contributed by atoms with E-state index in [0.29, 0.717) is 0 Å². The summed E-state index contributed by atoms with van der Waals surface area (Å²) < 4.78 is 0. The molecule has 0 N–H and O–H groups in total. The summed E-state index contributed by atoms with van der Waals surface area (Å²) in [4.78, 5) is 5.22. The maximum atomic E-state index is 3.00. The molecular formula is C15H32N2. The summed E-state index contributed by atoms with van der Waals surface area (Å²) in [7, 11) is 0. The average molecular weight is 240 g/mol. The number of hydrogen-bond acceptors (Lipinski definition) is 2. The first kappa shape index (κ1) is 16.7. The van der Waals surface area contributed by atoms with Crippen LogP contribution >= 0.6 is 0 Å². The van der Waals surface area contributed by atoms with Crippen molar-refractivity contribution in [1.82, 2.24) is 9.80 Å². The molecule has 1 saturated heterocycles. The van der Waals surface area contributed by atoms with Gasteiger partial charge in [0.1, 0.15) is 0 Å². The summed E-state index contributed by atoms with van der Waals surface area (Å²) >= 11 is 0. The summed E-state index contributed by atoms with van der Waals surface area (Å²) in [6.45, 7) is 21.6. The fraction of sp³-hybridized carbons (Fsp3) is 0.867. The van der Waals surface area contributed by atoms with E-state index in [1.165, 1.54) is 45.6 Å². The van der Waals surface area contributed by atoms with E-state index in [9.17, 15) is 0 Å². The van der Waals surface area contributed by atoms with Gasteiger partial charge in [0.2, 0.25) is 0 Å². The Balaban J connectivity index is 0.00000121. The Morgan fingerprint density at radius 2 is 1.88 bits per heavy atom. The SMILES string of the molecule is C=C.CCN1CCN(CCCC(C)C)[C@@H](C)C1. The molecule has 2 nitrogen and oxygen atoms in total. The molecule has 0 aromatic carbocycles. The highest BCUT2D eigenvalue weighted by Crippen LogP contribution is 2.12. The van der Waals surface area contributed by atoms with Crippen LogP contribution in [0.15, 0.2) is 13.2 Å². The molecule has 0 spiro atoms. The normalized spacial score (nSPS) is 22.3. The molecule has 0 bridgehead atoms. The van der Waals surface area contributed by atoms with E-state index in [1.807, 2.05) is 0 Å². The lowest BCUT2D eigenvalue weighted by Gasteiger charge is -2.39. The number of piperazine rings is 1. The molecule has 102 valence electrons. The minimum Gasteiger partial charge on any atom is -0.301 e. The van der Waals surface area contributed by atoms with Gasteiger partial charge in [0.15, 0.2) is 0 Å². The highest BCUT2D eigenvalue weighted by Gasteiger charge is 2.21. The first-order chi connectivity index (χ1) is 8.13. The Labute approximate surface area is 109 Å². The molecule has 0 aromatic heterocycles. The lowest BCUT2D eigenvalue weighted by molar-refractivity contribution is 0.0849. The predicted molar refractivity (Wildman–Crippen MR) is 78.5 cm³/mol. The van der Waals surface area contributed by atoms with Crippen molar-refractivity contribution in [2.24, 2.45) is 5.92 Å². The monoisotopic (exact) mass is 240 g/mol. The van der Waals surface area contributed by atoms with Crippen molar-refractivity contribution in [1.29, 1.82) is 0 Å². The van der Waals surface area contributed by atoms with Gasteiger partial charge in [0.25, 0.3) is 0 Å². The van der Waals surface area contributed by atoms with Gasteiger partial charge in [-0.05, 0) is 38.8 Å². The van der Waals surface area contributed by atoms with E-state index in [4.69, 9.17) is 0 Å². The van der Waals surface area contributed by atoms with Crippen LogP contribution in [0, 0.1) is 5.92 Å². The predicted octanol–water partition coefficient (Wildman–Crippen LogP) is 3.25. The number of likely N-dealkylation sites (N-methyl/N-ethyl adjacent to an activating group) is 1. The Morgan fingerprint density at radius 3 is 2.35 bits per heavy atom. The molecule has 0 aliphatic carbocycles. The lowest BCUT2D eigenvalue weighted by atomic mass is 10.1. The molecule has 0 aromatic rings. The molecule has 0 radical (unpaired) electrons. The molecular weight excluding hydrogens is 208 g/mol. The first-order valence-corrected chi connectivity index (χ1v) is 7.09. The molecule has 2 heteroatoms. The zero-order valence-corrected chi connectivity index (χ0v) is 12.4. The Morgan fingerprint density at radius 1 is 1.24 bits per heavy atom. The quantitative estimate of drug-likeness (QED) is 0.681. The molecule has 1 heterocycles. The van der Waals surface area contributed by atoms with Crippen molar-refractivity contribution in [3.63, 3.8) is 0 Å². The van der Waals surface area contributed by atoms with Gasteiger partial charge in [0.05, 0.1) is 0 Å². The van der Waals surface area contributed by atoms with Crippen molar-refractivity contribution in [3.8, 4) is 0 Å². The Bertz CT molecular complexity index is 180. The minimum absolute atomic E-state index is 0.755. The number of nitrogens with zero attached hydrogens (tertiary/aromatic N) is 2. The van der Waals surface area contributed by atoms with Crippen LogP contribution in [0.2, 0.25) is 0 Å². The van der Waals surface area contributed by atoms with Crippen molar-refractivity contribution in [2.45, 2.75) is 46.6 Å². The molecule has 0 amide bonds. The third-order valence-electron chi connectivity index (χ3n) is 3.52. The maximum Gasteiger partial charge on any atom is 0.0195 e.